The number of alkyl halides is 4. The third-order valence-electron chi connectivity index (χ3n) is 5.71. The molecule has 4 aliphatic rings. The zero-order valence-electron chi connectivity index (χ0n) is 19.1. The van der Waals surface area contributed by atoms with Crippen molar-refractivity contribution in [1.29, 1.82) is 0 Å². The maximum atomic E-state index is 14.2. The predicted molar refractivity (Wildman–Crippen MR) is 117 cm³/mol. The van der Waals surface area contributed by atoms with E-state index in [2.05, 4.69) is 60.3 Å². The molecule has 38 heavy (non-hydrogen) atoms. The molecule has 0 amide bonds. The van der Waals surface area contributed by atoms with Crippen molar-refractivity contribution in [3.63, 3.8) is 0 Å². The standard InChI is InChI=1S/2C10H9BrF2O6/c2*1-2-17-7(15)9-5(18-8(16)19-9)3-4(11)6(14)10(9,12)13/h2*3,5-6,14H,2H2,1H3/t2*5-,6-,9+/m10/s1. The second-order valence-electron chi connectivity index (χ2n) is 7.85. The Hall–Kier alpha value is -2.44. The van der Waals surface area contributed by atoms with E-state index < -0.39 is 71.7 Å². The molecule has 0 aromatic carbocycles. The van der Waals surface area contributed by atoms with Crippen molar-refractivity contribution in [2.75, 3.05) is 13.2 Å². The van der Waals surface area contributed by atoms with Crippen molar-refractivity contribution in [3.8, 4) is 0 Å². The third-order valence-corrected chi connectivity index (χ3v) is 7.11. The van der Waals surface area contributed by atoms with Crippen LogP contribution in [0.15, 0.2) is 21.1 Å². The highest BCUT2D eigenvalue weighted by Crippen LogP contribution is 2.51. The molecule has 0 unspecified atom stereocenters. The van der Waals surface area contributed by atoms with Gasteiger partial charge in [0.2, 0.25) is 0 Å². The van der Waals surface area contributed by atoms with Gasteiger partial charge in [-0.25, -0.2) is 19.2 Å². The summed E-state index contributed by atoms with van der Waals surface area (Å²) in [6.07, 6.45) is -8.94. The molecule has 0 saturated carbocycles. The second kappa shape index (κ2) is 10.3. The van der Waals surface area contributed by atoms with Crippen molar-refractivity contribution < 1.29 is 75.4 Å². The van der Waals surface area contributed by atoms with Gasteiger partial charge in [0, 0.05) is 8.96 Å². The smallest absolute Gasteiger partial charge is 0.463 e. The first-order valence-corrected chi connectivity index (χ1v) is 12.1. The van der Waals surface area contributed by atoms with Crippen LogP contribution in [0.4, 0.5) is 27.2 Å². The van der Waals surface area contributed by atoms with Gasteiger partial charge in [-0.05, 0) is 26.0 Å². The van der Waals surface area contributed by atoms with Crippen LogP contribution in [0, 0.1) is 0 Å². The SMILES string of the molecule is CCOC(=O)[C@@]12OC(=O)O[C@@H]1C=C(Br)[C@@H](O)C2(F)F.CCOC(=O)[C@]12OC(=O)O[C@H]1C=C(Br)[C@H](O)C2(F)F. The molecule has 0 radical (unpaired) electrons. The number of halogens is 6. The Morgan fingerprint density at radius 2 is 1.13 bits per heavy atom. The summed E-state index contributed by atoms with van der Waals surface area (Å²) >= 11 is 5.46. The van der Waals surface area contributed by atoms with Crippen molar-refractivity contribution in [1.82, 2.24) is 0 Å². The van der Waals surface area contributed by atoms with Crippen LogP contribution >= 0.6 is 31.9 Å². The minimum atomic E-state index is -4.09. The van der Waals surface area contributed by atoms with Crippen LogP contribution in [0.2, 0.25) is 0 Å². The van der Waals surface area contributed by atoms with Crippen LogP contribution in [0.3, 0.4) is 0 Å². The summed E-state index contributed by atoms with van der Waals surface area (Å²) in [5.74, 6) is -11.1. The molecule has 2 heterocycles. The molecule has 0 spiro atoms. The molecule has 0 aromatic heterocycles. The fourth-order valence-electron chi connectivity index (χ4n) is 3.91. The summed E-state index contributed by atoms with van der Waals surface area (Å²) in [7, 11) is 0. The Morgan fingerprint density at radius 3 is 1.42 bits per heavy atom. The van der Waals surface area contributed by atoms with Gasteiger partial charge < -0.3 is 38.6 Å². The van der Waals surface area contributed by atoms with Crippen LogP contribution < -0.4 is 0 Å². The van der Waals surface area contributed by atoms with Gasteiger partial charge in [-0.1, -0.05) is 31.9 Å². The largest absolute Gasteiger partial charge is 0.510 e. The number of ether oxygens (including phenoxy) is 6. The van der Waals surface area contributed by atoms with E-state index in [1.807, 2.05) is 0 Å². The first kappa shape index (κ1) is 30.1. The lowest BCUT2D eigenvalue weighted by molar-refractivity contribution is -0.233. The van der Waals surface area contributed by atoms with E-state index in [4.69, 9.17) is 0 Å². The van der Waals surface area contributed by atoms with Gasteiger partial charge in [-0.3, -0.25) is 0 Å². The van der Waals surface area contributed by atoms with Crippen LogP contribution in [-0.2, 0) is 38.0 Å². The predicted octanol–water partition coefficient (Wildman–Crippen LogP) is 2.22. The summed E-state index contributed by atoms with van der Waals surface area (Å²) in [5, 5.41) is 19.0. The minimum absolute atomic E-state index is 0.193. The molecule has 2 aliphatic heterocycles. The van der Waals surface area contributed by atoms with Crippen LogP contribution in [0.1, 0.15) is 13.8 Å². The van der Waals surface area contributed by atoms with Gasteiger partial charge in [0.1, 0.15) is 0 Å². The van der Waals surface area contributed by atoms with E-state index in [0.717, 1.165) is 12.2 Å². The number of fused-ring (bicyclic) bond motifs is 2. The fraction of sp³-hybridized carbons (Fsp3) is 0.600. The lowest BCUT2D eigenvalue weighted by Gasteiger charge is -2.39. The summed E-state index contributed by atoms with van der Waals surface area (Å²) in [5.41, 5.74) is -6.01. The van der Waals surface area contributed by atoms with Gasteiger partial charge >= 0.3 is 47.3 Å². The van der Waals surface area contributed by atoms with Gasteiger partial charge in [0.15, 0.2) is 24.4 Å². The van der Waals surface area contributed by atoms with Gasteiger partial charge in [-0.2, -0.15) is 17.6 Å². The molecule has 2 aliphatic carbocycles. The lowest BCUT2D eigenvalue weighted by atomic mass is 9.81. The van der Waals surface area contributed by atoms with E-state index in [1.165, 1.54) is 13.8 Å². The number of hydrogen-bond acceptors (Lipinski definition) is 12. The second-order valence-corrected chi connectivity index (χ2v) is 9.68. The molecule has 6 atom stereocenters. The molecule has 0 bridgehead atoms. The molecule has 4 rings (SSSR count). The maximum Gasteiger partial charge on any atom is 0.510 e. The zero-order valence-corrected chi connectivity index (χ0v) is 22.3. The first-order valence-electron chi connectivity index (χ1n) is 10.5. The number of rotatable bonds is 4. The van der Waals surface area contributed by atoms with Crippen molar-refractivity contribution in [3.05, 3.63) is 21.1 Å². The molecule has 212 valence electrons. The number of esters is 2. The van der Waals surface area contributed by atoms with Crippen molar-refractivity contribution in [2.24, 2.45) is 0 Å². The Morgan fingerprint density at radius 1 is 0.816 bits per heavy atom. The molecule has 0 aromatic rings. The minimum Gasteiger partial charge on any atom is -0.463 e. The molecular weight excluding hydrogens is 668 g/mol. The van der Waals surface area contributed by atoms with Crippen LogP contribution in [0.5, 0.6) is 0 Å². The van der Waals surface area contributed by atoms with Crippen molar-refractivity contribution in [2.45, 2.75) is 61.3 Å². The lowest BCUT2D eigenvalue weighted by Crippen LogP contribution is -2.67. The zero-order chi connectivity index (χ0) is 28.8. The Kier molecular flexibility index (Phi) is 8.14. The molecular formula is C20H18Br2F4O12. The summed E-state index contributed by atoms with van der Waals surface area (Å²) in [6.45, 7) is 2.43. The maximum absolute atomic E-state index is 14.2. The fourth-order valence-corrected chi connectivity index (χ4v) is 4.96. The van der Waals surface area contributed by atoms with E-state index in [0.29, 0.717) is 0 Å². The molecule has 12 nitrogen and oxygen atoms in total. The first-order chi connectivity index (χ1) is 17.5. The number of carbonyl (C=O) groups excluding carboxylic acids is 4. The topological polar surface area (TPSA) is 164 Å². The number of aliphatic hydroxyl groups is 2. The van der Waals surface area contributed by atoms with Gasteiger partial charge in [0.05, 0.1) is 13.2 Å². The highest BCUT2D eigenvalue weighted by molar-refractivity contribution is 9.12. The highest BCUT2D eigenvalue weighted by atomic mass is 79.9. The van der Waals surface area contributed by atoms with Crippen LogP contribution in [-0.4, -0.2) is 95.1 Å². The molecule has 2 fully saturated rings. The normalized spacial score (nSPS) is 35.8. The number of hydrogen-bond donors (Lipinski definition) is 2. The van der Waals surface area contributed by atoms with Gasteiger partial charge in [0.25, 0.3) is 0 Å². The van der Waals surface area contributed by atoms with E-state index in [1.54, 1.807) is 0 Å². The Bertz CT molecular complexity index is 1010. The molecule has 2 N–H and O–H groups in total. The summed E-state index contributed by atoms with van der Waals surface area (Å²) in [4.78, 5) is 45.8. The van der Waals surface area contributed by atoms with E-state index >= 15 is 0 Å². The molecule has 18 heteroatoms. The van der Waals surface area contributed by atoms with Crippen LogP contribution in [0.25, 0.3) is 0 Å². The van der Waals surface area contributed by atoms with Crippen molar-refractivity contribution >= 4 is 56.1 Å². The quantitative estimate of drug-likeness (QED) is 0.252. The number of aliphatic hydroxyl groups excluding tert-OH is 2. The number of carbonyl (C=O) groups is 4. The Balaban J connectivity index is 0.000000211. The average molecular weight is 686 g/mol. The van der Waals surface area contributed by atoms with E-state index in [9.17, 15) is 47.0 Å². The summed E-state index contributed by atoms with van der Waals surface area (Å²) < 4.78 is 83.2. The average Bonchev–Trinajstić information content (AvgIpc) is 3.35. The highest BCUT2D eigenvalue weighted by Gasteiger charge is 2.78. The van der Waals surface area contributed by atoms with Gasteiger partial charge in [-0.15, -0.1) is 0 Å². The summed E-state index contributed by atoms with van der Waals surface area (Å²) in [6, 6.07) is 0. The Labute approximate surface area is 227 Å². The monoisotopic (exact) mass is 684 g/mol. The molecule has 2 saturated heterocycles. The third kappa shape index (κ3) is 4.24. The van der Waals surface area contributed by atoms with E-state index in [-0.39, 0.29) is 22.2 Å².